The van der Waals surface area contributed by atoms with Gasteiger partial charge in [0.25, 0.3) is 0 Å². The SMILES string of the molecule is CC(C)N1CC(N(C)C(=O)OC(C)(C)C)CC1C. The molecule has 1 aliphatic rings. The third-order valence-electron chi connectivity index (χ3n) is 3.49. The van der Waals surface area contributed by atoms with E-state index in [4.69, 9.17) is 4.74 Å². The molecular weight excluding hydrogens is 228 g/mol. The molecule has 4 nitrogen and oxygen atoms in total. The summed E-state index contributed by atoms with van der Waals surface area (Å²) in [5.74, 6) is 0. The van der Waals surface area contributed by atoms with Gasteiger partial charge in [-0.1, -0.05) is 0 Å². The second-order valence-corrected chi connectivity index (χ2v) is 6.62. The van der Waals surface area contributed by atoms with Crippen molar-refractivity contribution < 1.29 is 9.53 Å². The summed E-state index contributed by atoms with van der Waals surface area (Å²) >= 11 is 0. The van der Waals surface area contributed by atoms with Gasteiger partial charge in [0.1, 0.15) is 5.60 Å². The summed E-state index contributed by atoms with van der Waals surface area (Å²) < 4.78 is 5.41. The number of likely N-dealkylation sites (tertiary alicyclic amines) is 1. The van der Waals surface area contributed by atoms with Crippen molar-refractivity contribution in [3.8, 4) is 0 Å². The second-order valence-electron chi connectivity index (χ2n) is 6.62. The highest BCUT2D eigenvalue weighted by Crippen LogP contribution is 2.24. The number of nitrogens with zero attached hydrogens (tertiary/aromatic N) is 2. The van der Waals surface area contributed by atoms with Crippen LogP contribution < -0.4 is 0 Å². The first-order chi connectivity index (χ1) is 8.11. The minimum atomic E-state index is -0.423. The van der Waals surface area contributed by atoms with Crippen LogP contribution in [0.4, 0.5) is 4.79 Å². The van der Waals surface area contributed by atoms with Crippen molar-refractivity contribution in [1.29, 1.82) is 0 Å². The number of rotatable bonds is 2. The summed E-state index contributed by atoms with van der Waals surface area (Å²) in [7, 11) is 1.84. The molecule has 0 radical (unpaired) electrons. The van der Waals surface area contributed by atoms with E-state index in [9.17, 15) is 4.79 Å². The molecule has 1 fully saturated rings. The first-order valence-electron chi connectivity index (χ1n) is 6.83. The smallest absolute Gasteiger partial charge is 0.410 e. The van der Waals surface area contributed by atoms with Crippen LogP contribution in [0.3, 0.4) is 0 Å². The molecule has 0 aromatic carbocycles. The van der Waals surface area contributed by atoms with Crippen molar-refractivity contribution in [2.45, 2.75) is 71.7 Å². The summed E-state index contributed by atoms with van der Waals surface area (Å²) in [6.07, 6.45) is 0.804. The van der Waals surface area contributed by atoms with E-state index in [1.807, 2.05) is 27.8 Å². The molecule has 1 saturated heterocycles. The predicted molar refractivity (Wildman–Crippen MR) is 73.7 cm³/mol. The summed E-state index contributed by atoms with van der Waals surface area (Å²) in [6.45, 7) is 13.3. The molecular formula is C14H28N2O2. The number of amides is 1. The van der Waals surface area contributed by atoms with Gasteiger partial charge in [-0.2, -0.15) is 0 Å². The predicted octanol–water partition coefficient (Wildman–Crippen LogP) is 2.72. The maximum atomic E-state index is 12.0. The molecule has 106 valence electrons. The van der Waals surface area contributed by atoms with Crippen LogP contribution in [0.25, 0.3) is 0 Å². The number of hydrogen-bond donors (Lipinski definition) is 0. The number of ether oxygens (including phenoxy) is 1. The fourth-order valence-corrected chi connectivity index (χ4v) is 2.51. The highest BCUT2D eigenvalue weighted by Gasteiger charge is 2.35. The van der Waals surface area contributed by atoms with E-state index >= 15 is 0 Å². The minimum Gasteiger partial charge on any atom is -0.444 e. The van der Waals surface area contributed by atoms with E-state index in [2.05, 4.69) is 25.7 Å². The molecule has 18 heavy (non-hydrogen) atoms. The van der Waals surface area contributed by atoms with Crippen molar-refractivity contribution >= 4 is 6.09 Å². The molecule has 0 N–H and O–H groups in total. The zero-order valence-corrected chi connectivity index (χ0v) is 12.9. The Morgan fingerprint density at radius 1 is 1.39 bits per heavy atom. The van der Waals surface area contributed by atoms with Crippen molar-refractivity contribution in [2.24, 2.45) is 0 Å². The molecule has 0 aliphatic carbocycles. The lowest BCUT2D eigenvalue weighted by Crippen LogP contribution is -2.42. The minimum absolute atomic E-state index is 0.217. The quantitative estimate of drug-likeness (QED) is 0.761. The topological polar surface area (TPSA) is 32.8 Å². The Kier molecular flexibility index (Phi) is 4.65. The Hall–Kier alpha value is -0.770. The van der Waals surface area contributed by atoms with Crippen molar-refractivity contribution in [2.75, 3.05) is 13.6 Å². The van der Waals surface area contributed by atoms with Crippen molar-refractivity contribution in [3.05, 3.63) is 0 Å². The fourth-order valence-electron chi connectivity index (χ4n) is 2.51. The fraction of sp³-hybridized carbons (Fsp3) is 0.929. The van der Waals surface area contributed by atoms with Gasteiger partial charge in [0.05, 0.1) is 0 Å². The molecule has 1 rings (SSSR count). The van der Waals surface area contributed by atoms with Gasteiger partial charge in [0, 0.05) is 31.7 Å². The van der Waals surface area contributed by atoms with Crippen LogP contribution in [0.15, 0.2) is 0 Å². The number of carbonyl (C=O) groups excluding carboxylic acids is 1. The molecule has 1 aliphatic heterocycles. The average molecular weight is 256 g/mol. The summed E-state index contributed by atoms with van der Waals surface area (Å²) in [6, 6.07) is 1.31. The molecule has 4 heteroatoms. The van der Waals surface area contributed by atoms with Crippen molar-refractivity contribution in [1.82, 2.24) is 9.80 Å². The summed E-state index contributed by atoms with van der Waals surface area (Å²) in [4.78, 5) is 16.2. The normalized spacial score (nSPS) is 25.6. The number of hydrogen-bond acceptors (Lipinski definition) is 3. The van der Waals surface area contributed by atoms with E-state index < -0.39 is 5.60 Å². The Bertz CT molecular complexity index is 297. The first kappa shape index (κ1) is 15.3. The van der Waals surface area contributed by atoms with Crippen LogP contribution in [0.1, 0.15) is 48.0 Å². The highest BCUT2D eigenvalue weighted by molar-refractivity contribution is 5.68. The Balaban J connectivity index is 2.59. The Labute approximate surface area is 111 Å². The van der Waals surface area contributed by atoms with Crippen LogP contribution in [-0.2, 0) is 4.74 Å². The largest absolute Gasteiger partial charge is 0.444 e. The number of carbonyl (C=O) groups is 1. The van der Waals surface area contributed by atoms with Gasteiger partial charge in [-0.15, -0.1) is 0 Å². The zero-order valence-electron chi connectivity index (χ0n) is 12.9. The molecule has 2 atom stereocenters. The maximum absolute atomic E-state index is 12.0. The van der Waals surface area contributed by atoms with Gasteiger partial charge in [-0.25, -0.2) is 4.79 Å². The van der Waals surface area contributed by atoms with Gasteiger partial charge >= 0.3 is 6.09 Å². The van der Waals surface area contributed by atoms with Gasteiger partial charge in [-0.05, 0) is 48.0 Å². The van der Waals surface area contributed by atoms with E-state index in [0.717, 1.165) is 13.0 Å². The van der Waals surface area contributed by atoms with Gasteiger partial charge in [-0.3, -0.25) is 4.90 Å². The maximum Gasteiger partial charge on any atom is 0.410 e. The van der Waals surface area contributed by atoms with E-state index in [1.54, 1.807) is 4.90 Å². The van der Waals surface area contributed by atoms with E-state index in [-0.39, 0.29) is 12.1 Å². The second kappa shape index (κ2) is 5.47. The summed E-state index contributed by atoms with van der Waals surface area (Å²) in [5, 5.41) is 0. The zero-order chi connectivity index (χ0) is 14.1. The highest BCUT2D eigenvalue weighted by atomic mass is 16.6. The third-order valence-corrected chi connectivity index (χ3v) is 3.49. The molecule has 1 heterocycles. The van der Waals surface area contributed by atoms with Gasteiger partial charge in [0.15, 0.2) is 0 Å². The number of likely N-dealkylation sites (N-methyl/N-ethyl adjacent to an activating group) is 1. The van der Waals surface area contributed by atoms with Gasteiger partial charge < -0.3 is 9.64 Å². The lowest BCUT2D eigenvalue weighted by Gasteiger charge is -2.29. The molecule has 0 saturated carbocycles. The van der Waals surface area contributed by atoms with E-state index in [0.29, 0.717) is 12.1 Å². The van der Waals surface area contributed by atoms with Crippen LogP contribution in [0.2, 0.25) is 0 Å². The van der Waals surface area contributed by atoms with Crippen LogP contribution >= 0.6 is 0 Å². The van der Waals surface area contributed by atoms with Crippen LogP contribution in [-0.4, -0.2) is 53.2 Å². The average Bonchev–Trinajstić information content (AvgIpc) is 2.56. The Morgan fingerprint density at radius 3 is 2.33 bits per heavy atom. The molecule has 0 aromatic heterocycles. The molecule has 0 spiro atoms. The molecule has 0 bridgehead atoms. The molecule has 0 aromatic rings. The van der Waals surface area contributed by atoms with Gasteiger partial charge in [0.2, 0.25) is 0 Å². The van der Waals surface area contributed by atoms with Crippen LogP contribution in [0.5, 0.6) is 0 Å². The third kappa shape index (κ3) is 3.87. The van der Waals surface area contributed by atoms with E-state index in [1.165, 1.54) is 0 Å². The van der Waals surface area contributed by atoms with Crippen LogP contribution in [0, 0.1) is 0 Å². The standard InChI is InChI=1S/C14H28N2O2/c1-10(2)16-9-12(8-11(16)3)15(7)13(17)18-14(4,5)6/h10-12H,8-9H2,1-7H3. The molecule has 1 amide bonds. The Morgan fingerprint density at radius 2 is 1.94 bits per heavy atom. The van der Waals surface area contributed by atoms with Crippen molar-refractivity contribution in [3.63, 3.8) is 0 Å². The first-order valence-corrected chi connectivity index (χ1v) is 6.83. The molecule has 2 unspecified atom stereocenters. The summed E-state index contributed by atoms with van der Waals surface area (Å²) in [5.41, 5.74) is -0.423. The lowest BCUT2D eigenvalue weighted by molar-refractivity contribution is 0.0226. The monoisotopic (exact) mass is 256 g/mol. The lowest BCUT2D eigenvalue weighted by atomic mass is 10.1.